The van der Waals surface area contributed by atoms with E-state index in [0.717, 1.165) is 5.56 Å². The molecule has 0 bridgehead atoms. The molecule has 0 amide bonds. The second-order valence-corrected chi connectivity index (χ2v) is 3.77. The zero-order valence-corrected chi connectivity index (χ0v) is 9.13. The first-order valence-electron chi connectivity index (χ1n) is 5.13. The van der Waals surface area contributed by atoms with Gasteiger partial charge in [-0.05, 0) is 25.0 Å². The molecule has 0 aliphatic rings. The Morgan fingerprint density at radius 2 is 2.06 bits per heavy atom. The number of hydrogen-bond donors (Lipinski definition) is 3. The van der Waals surface area contributed by atoms with E-state index in [1.54, 1.807) is 18.2 Å². The molecule has 4 heteroatoms. The van der Waals surface area contributed by atoms with E-state index in [1.807, 2.05) is 6.92 Å². The molecule has 0 aromatic heterocycles. The Morgan fingerprint density at radius 3 is 2.62 bits per heavy atom. The lowest BCUT2D eigenvalue weighted by Crippen LogP contribution is -2.20. The van der Waals surface area contributed by atoms with Crippen molar-refractivity contribution in [3.63, 3.8) is 0 Å². The maximum atomic E-state index is 10.8. The van der Waals surface area contributed by atoms with Gasteiger partial charge in [0.25, 0.3) is 0 Å². The number of benzene rings is 1. The third-order valence-corrected chi connectivity index (χ3v) is 2.48. The quantitative estimate of drug-likeness (QED) is 0.639. The monoisotopic (exact) mass is 224 g/mol. The lowest BCUT2D eigenvalue weighted by Gasteiger charge is -2.18. The average Bonchev–Trinajstić information content (AvgIpc) is 2.28. The predicted octanol–water partition coefficient (Wildman–Crippen LogP) is 0.584. The van der Waals surface area contributed by atoms with Gasteiger partial charge in [-0.25, -0.2) is 0 Å². The third-order valence-electron chi connectivity index (χ3n) is 2.48. The van der Waals surface area contributed by atoms with Crippen LogP contribution < -0.4 is 0 Å². The van der Waals surface area contributed by atoms with Crippen LogP contribution in [0.4, 0.5) is 0 Å². The van der Waals surface area contributed by atoms with Gasteiger partial charge in [-0.3, -0.25) is 4.79 Å². The first-order valence-corrected chi connectivity index (χ1v) is 5.13. The van der Waals surface area contributed by atoms with Crippen LogP contribution in [0.2, 0.25) is 0 Å². The third kappa shape index (κ3) is 2.88. The van der Waals surface area contributed by atoms with Gasteiger partial charge < -0.3 is 15.3 Å². The number of aryl methyl sites for hydroxylation is 1. The Labute approximate surface area is 94.2 Å². The van der Waals surface area contributed by atoms with E-state index in [1.165, 1.54) is 0 Å². The number of carbonyl (C=O) groups excluding carboxylic acids is 1. The first kappa shape index (κ1) is 12.8. The smallest absolute Gasteiger partial charge is 0.150 e. The van der Waals surface area contributed by atoms with Crippen LogP contribution in [0.3, 0.4) is 0 Å². The van der Waals surface area contributed by atoms with Crippen molar-refractivity contribution < 1.29 is 20.1 Å². The summed E-state index contributed by atoms with van der Waals surface area (Å²) in [5.41, 5.74) is 1.67. The molecule has 1 aromatic rings. The molecule has 0 aliphatic heterocycles. The van der Waals surface area contributed by atoms with Gasteiger partial charge in [-0.15, -0.1) is 0 Å². The summed E-state index contributed by atoms with van der Waals surface area (Å²) in [7, 11) is 0. The molecule has 0 saturated carbocycles. The fraction of sp³-hybridized carbons (Fsp3) is 0.417. The van der Waals surface area contributed by atoms with Crippen molar-refractivity contribution >= 4 is 6.29 Å². The lowest BCUT2D eigenvalue weighted by atomic mass is 9.96. The van der Waals surface area contributed by atoms with E-state index in [0.29, 0.717) is 17.4 Å². The summed E-state index contributed by atoms with van der Waals surface area (Å²) in [5, 5.41) is 28.0. The molecule has 2 unspecified atom stereocenters. The summed E-state index contributed by atoms with van der Waals surface area (Å²) in [5.74, 6) is 0. The second kappa shape index (κ2) is 5.75. The van der Waals surface area contributed by atoms with Gasteiger partial charge in [0, 0.05) is 12.2 Å². The second-order valence-electron chi connectivity index (χ2n) is 3.77. The number of aliphatic hydroxyl groups excluding tert-OH is 3. The highest BCUT2D eigenvalue weighted by molar-refractivity contribution is 5.77. The van der Waals surface area contributed by atoms with Crippen LogP contribution >= 0.6 is 0 Å². The standard InChI is InChI=1S/C12H16O4/c1-8-2-3-10(9(6-8)7-14)12(16)11(15)4-5-13/h2-3,6-7,11-13,15-16H,4-5H2,1H3. The van der Waals surface area contributed by atoms with Gasteiger partial charge in [-0.2, -0.15) is 0 Å². The van der Waals surface area contributed by atoms with Crippen LogP contribution in [0.25, 0.3) is 0 Å². The summed E-state index contributed by atoms with van der Waals surface area (Å²) in [6.07, 6.45) is -1.48. The first-order chi connectivity index (χ1) is 7.60. The molecule has 0 radical (unpaired) electrons. The van der Waals surface area contributed by atoms with Crippen molar-refractivity contribution in [2.24, 2.45) is 0 Å². The van der Waals surface area contributed by atoms with Crippen LogP contribution in [-0.4, -0.2) is 34.3 Å². The summed E-state index contributed by atoms with van der Waals surface area (Å²) < 4.78 is 0. The molecule has 2 atom stereocenters. The van der Waals surface area contributed by atoms with E-state index in [9.17, 15) is 15.0 Å². The van der Waals surface area contributed by atoms with Crippen LogP contribution in [0, 0.1) is 6.92 Å². The molecular weight excluding hydrogens is 208 g/mol. The minimum atomic E-state index is -1.15. The van der Waals surface area contributed by atoms with Crippen molar-refractivity contribution in [1.29, 1.82) is 0 Å². The number of carbonyl (C=O) groups is 1. The molecule has 1 aromatic carbocycles. The Hall–Kier alpha value is -1.23. The number of hydrogen-bond acceptors (Lipinski definition) is 4. The van der Waals surface area contributed by atoms with E-state index in [2.05, 4.69) is 0 Å². The average molecular weight is 224 g/mol. The van der Waals surface area contributed by atoms with Gasteiger partial charge >= 0.3 is 0 Å². The SMILES string of the molecule is Cc1ccc(C(O)C(O)CCO)c(C=O)c1. The molecule has 3 N–H and O–H groups in total. The zero-order chi connectivity index (χ0) is 12.1. The normalized spacial score (nSPS) is 14.5. The number of aliphatic hydroxyl groups is 3. The molecule has 0 saturated heterocycles. The van der Waals surface area contributed by atoms with Gasteiger partial charge in [0.2, 0.25) is 0 Å². The highest BCUT2D eigenvalue weighted by atomic mass is 16.3. The highest BCUT2D eigenvalue weighted by Gasteiger charge is 2.20. The van der Waals surface area contributed by atoms with E-state index < -0.39 is 12.2 Å². The molecule has 16 heavy (non-hydrogen) atoms. The zero-order valence-electron chi connectivity index (χ0n) is 9.13. The van der Waals surface area contributed by atoms with E-state index in [4.69, 9.17) is 5.11 Å². The topological polar surface area (TPSA) is 77.8 Å². The van der Waals surface area contributed by atoms with Gasteiger partial charge in [0.1, 0.15) is 12.4 Å². The molecule has 4 nitrogen and oxygen atoms in total. The van der Waals surface area contributed by atoms with Gasteiger partial charge in [0.15, 0.2) is 0 Å². The van der Waals surface area contributed by atoms with Crippen LogP contribution in [0.1, 0.15) is 34.0 Å². The summed E-state index contributed by atoms with van der Waals surface area (Å²) in [4.78, 5) is 10.8. The maximum Gasteiger partial charge on any atom is 0.150 e. The number of rotatable bonds is 5. The molecule has 0 fully saturated rings. The molecule has 1 rings (SSSR count). The minimum Gasteiger partial charge on any atom is -0.396 e. The molecule has 0 aliphatic carbocycles. The molecule has 0 heterocycles. The highest BCUT2D eigenvalue weighted by Crippen LogP contribution is 2.22. The van der Waals surface area contributed by atoms with Crippen molar-refractivity contribution in [3.8, 4) is 0 Å². The Balaban J connectivity index is 2.98. The van der Waals surface area contributed by atoms with E-state index >= 15 is 0 Å². The fourth-order valence-corrected chi connectivity index (χ4v) is 1.56. The molecule has 88 valence electrons. The van der Waals surface area contributed by atoms with Crippen molar-refractivity contribution in [2.75, 3.05) is 6.61 Å². The Morgan fingerprint density at radius 1 is 1.38 bits per heavy atom. The van der Waals surface area contributed by atoms with E-state index in [-0.39, 0.29) is 13.0 Å². The number of aldehydes is 1. The Bertz CT molecular complexity index is 362. The minimum absolute atomic E-state index is 0.0767. The molecular formula is C12H16O4. The van der Waals surface area contributed by atoms with Crippen molar-refractivity contribution in [2.45, 2.75) is 25.6 Å². The summed E-state index contributed by atoms with van der Waals surface area (Å²) in [6.45, 7) is 1.63. The van der Waals surface area contributed by atoms with Gasteiger partial charge in [-0.1, -0.05) is 17.7 Å². The summed E-state index contributed by atoms with van der Waals surface area (Å²) >= 11 is 0. The summed E-state index contributed by atoms with van der Waals surface area (Å²) in [6, 6.07) is 5.03. The predicted molar refractivity (Wildman–Crippen MR) is 59.2 cm³/mol. The largest absolute Gasteiger partial charge is 0.396 e. The molecule has 0 spiro atoms. The Kier molecular flexibility index (Phi) is 4.61. The fourth-order valence-electron chi connectivity index (χ4n) is 1.56. The van der Waals surface area contributed by atoms with Crippen LogP contribution in [-0.2, 0) is 0 Å². The van der Waals surface area contributed by atoms with Crippen molar-refractivity contribution in [1.82, 2.24) is 0 Å². The van der Waals surface area contributed by atoms with Crippen LogP contribution in [0.15, 0.2) is 18.2 Å². The maximum absolute atomic E-state index is 10.8. The lowest BCUT2D eigenvalue weighted by molar-refractivity contribution is 0.00395. The van der Waals surface area contributed by atoms with Crippen LogP contribution in [0.5, 0.6) is 0 Å². The van der Waals surface area contributed by atoms with Gasteiger partial charge in [0.05, 0.1) is 6.10 Å². The van der Waals surface area contributed by atoms with Crippen molar-refractivity contribution in [3.05, 3.63) is 34.9 Å².